The fraction of sp³-hybridized carbons (Fsp3) is 0.500. The Kier molecular flexibility index (Phi) is 11.0. The van der Waals surface area contributed by atoms with Crippen LogP contribution in [-0.4, -0.2) is 73.4 Å². The fourth-order valence-corrected chi connectivity index (χ4v) is 6.71. The van der Waals surface area contributed by atoms with Crippen LogP contribution in [0.3, 0.4) is 0 Å². The highest BCUT2D eigenvalue weighted by atomic mass is 16.6. The van der Waals surface area contributed by atoms with Gasteiger partial charge in [-0.1, -0.05) is 86.6 Å². The number of ether oxygens (including phenoxy) is 3. The molecule has 2 atom stereocenters. The molecule has 0 radical (unpaired) electrons. The summed E-state index contributed by atoms with van der Waals surface area (Å²) in [5.41, 5.74) is 3.53. The van der Waals surface area contributed by atoms with E-state index in [9.17, 15) is 9.59 Å². The number of carbonyl (C=O) groups excluding carboxylic acids is 2. The minimum Gasteiger partial charge on any atom is -0.493 e. The van der Waals surface area contributed by atoms with Crippen molar-refractivity contribution in [1.82, 2.24) is 9.80 Å². The van der Waals surface area contributed by atoms with Crippen molar-refractivity contribution >= 4 is 12.0 Å². The summed E-state index contributed by atoms with van der Waals surface area (Å²) in [4.78, 5) is 32.1. The second kappa shape index (κ2) is 14.9. The SMILES string of the molecule is COCCCOc1ccccc1C(C)(C)CN(C(=O)[C@H]1CN(C(=O)OC(C)(C)C)CC[C@@H]1c1cccc(-c2ccccc2)c1)C1CC1. The van der Waals surface area contributed by atoms with Gasteiger partial charge in [-0.15, -0.1) is 0 Å². The Bertz CT molecular complexity index is 1490. The van der Waals surface area contributed by atoms with Crippen molar-refractivity contribution in [1.29, 1.82) is 0 Å². The number of para-hydroxylation sites is 1. The standard InChI is InChI=1S/C40H52N2O5/c1-39(2,3)47-38(44)41-23-22-33(31-17-12-16-30(26-31)29-14-8-7-9-15-29)34(27-41)37(43)42(32-20-21-32)28-40(4,5)35-18-10-11-19-36(35)46-25-13-24-45-6/h7-12,14-19,26,32-34H,13,20-25,27-28H2,1-6H3/t33-,34+/m1/s1. The largest absolute Gasteiger partial charge is 0.493 e. The van der Waals surface area contributed by atoms with Gasteiger partial charge < -0.3 is 24.0 Å². The van der Waals surface area contributed by atoms with Crippen LogP contribution in [-0.2, 0) is 19.7 Å². The maximum atomic E-state index is 14.9. The number of amides is 2. The Morgan fingerprint density at radius 3 is 2.26 bits per heavy atom. The summed E-state index contributed by atoms with van der Waals surface area (Å²) in [6.45, 7) is 12.7. The molecule has 2 amide bonds. The number of benzene rings is 3. The molecule has 7 nitrogen and oxygen atoms in total. The van der Waals surface area contributed by atoms with Crippen LogP contribution in [0.1, 0.15) is 77.3 Å². The van der Waals surface area contributed by atoms with Gasteiger partial charge in [0.05, 0.1) is 12.5 Å². The number of likely N-dealkylation sites (tertiary alicyclic amines) is 1. The van der Waals surface area contributed by atoms with Crippen LogP contribution in [0.4, 0.5) is 4.79 Å². The lowest BCUT2D eigenvalue weighted by atomic mass is 9.78. The number of hydrogen-bond donors (Lipinski definition) is 0. The normalized spacial score (nSPS) is 18.5. The lowest BCUT2D eigenvalue weighted by Crippen LogP contribution is -2.52. The molecule has 1 saturated carbocycles. The van der Waals surface area contributed by atoms with E-state index in [0.29, 0.717) is 39.3 Å². The molecule has 3 aromatic rings. The van der Waals surface area contributed by atoms with E-state index >= 15 is 0 Å². The molecule has 1 saturated heterocycles. The third-order valence-corrected chi connectivity index (χ3v) is 9.21. The van der Waals surface area contributed by atoms with E-state index < -0.39 is 5.60 Å². The van der Waals surface area contributed by atoms with Gasteiger partial charge in [0, 0.05) is 56.8 Å². The molecule has 0 N–H and O–H groups in total. The Balaban J connectivity index is 1.44. The molecule has 2 fully saturated rings. The zero-order valence-electron chi connectivity index (χ0n) is 29.0. The van der Waals surface area contributed by atoms with Crippen molar-refractivity contribution in [2.24, 2.45) is 5.92 Å². The molecule has 1 heterocycles. The topological polar surface area (TPSA) is 68.3 Å². The van der Waals surface area contributed by atoms with Gasteiger partial charge in [-0.25, -0.2) is 4.79 Å². The maximum absolute atomic E-state index is 14.9. The number of carbonyl (C=O) groups is 2. The quantitative estimate of drug-likeness (QED) is 0.187. The first kappa shape index (κ1) is 34.5. The smallest absolute Gasteiger partial charge is 0.410 e. The second-order valence-corrected chi connectivity index (χ2v) is 14.7. The zero-order chi connectivity index (χ0) is 33.6. The van der Waals surface area contributed by atoms with Crippen molar-refractivity contribution in [2.75, 3.05) is 40.0 Å². The summed E-state index contributed by atoms with van der Waals surface area (Å²) >= 11 is 0. The van der Waals surface area contributed by atoms with Crippen molar-refractivity contribution in [3.63, 3.8) is 0 Å². The zero-order valence-corrected chi connectivity index (χ0v) is 29.0. The van der Waals surface area contributed by atoms with E-state index in [2.05, 4.69) is 61.2 Å². The third kappa shape index (κ3) is 8.95. The average Bonchev–Trinajstić information content (AvgIpc) is 3.91. The van der Waals surface area contributed by atoms with Crippen LogP contribution in [0.5, 0.6) is 5.75 Å². The summed E-state index contributed by atoms with van der Waals surface area (Å²) in [5.74, 6) is 0.549. The van der Waals surface area contributed by atoms with E-state index in [1.807, 2.05) is 57.2 Å². The Hall–Kier alpha value is -3.84. The molecule has 3 aromatic carbocycles. The Morgan fingerprint density at radius 1 is 0.851 bits per heavy atom. The fourth-order valence-electron chi connectivity index (χ4n) is 6.71. The summed E-state index contributed by atoms with van der Waals surface area (Å²) in [7, 11) is 1.70. The number of hydrogen-bond acceptors (Lipinski definition) is 5. The van der Waals surface area contributed by atoms with Gasteiger partial charge in [-0.2, -0.15) is 0 Å². The van der Waals surface area contributed by atoms with Gasteiger partial charge in [-0.05, 0) is 68.7 Å². The van der Waals surface area contributed by atoms with Crippen LogP contribution in [0.2, 0.25) is 0 Å². The molecule has 1 aliphatic carbocycles. The number of methoxy groups -OCH3 is 1. The summed E-state index contributed by atoms with van der Waals surface area (Å²) in [6, 6.07) is 27.3. The van der Waals surface area contributed by atoms with Crippen molar-refractivity contribution < 1.29 is 23.8 Å². The van der Waals surface area contributed by atoms with Gasteiger partial charge in [0.25, 0.3) is 0 Å². The number of piperidine rings is 1. The summed E-state index contributed by atoms with van der Waals surface area (Å²) in [5, 5.41) is 0. The van der Waals surface area contributed by atoms with Gasteiger partial charge in [0.1, 0.15) is 11.4 Å². The molecule has 1 aliphatic heterocycles. The van der Waals surface area contributed by atoms with E-state index in [4.69, 9.17) is 14.2 Å². The lowest BCUT2D eigenvalue weighted by molar-refractivity contribution is -0.139. The first-order chi connectivity index (χ1) is 22.5. The summed E-state index contributed by atoms with van der Waals surface area (Å²) < 4.78 is 17.2. The minimum atomic E-state index is -0.611. The van der Waals surface area contributed by atoms with Crippen LogP contribution < -0.4 is 4.74 Å². The van der Waals surface area contributed by atoms with Crippen LogP contribution in [0.15, 0.2) is 78.9 Å². The predicted octanol–water partition coefficient (Wildman–Crippen LogP) is 8.08. The van der Waals surface area contributed by atoms with Crippen molar-refractivity contribution in [3.05, 3.63) is 90.0 Å². The number of rotatable bonds is 12. The molecule has 0 bridgehead atoms. The van der Waals surface area contributed by atoms with Crippen LogP contribution in [0.25, 0.3) is 11.1 Å². The highest BCUT2D eigenvalue weighted by molar-refractivity contribution is 5.82. The van der Waals surface area contributed by atoms with E-state index in [1.54, 1.807) is 12.0 Å². The first-order valence-corrected chi connectivity index (χ1v) is 17.1. The van der Waals surface area contributed by atoms with Crippen molar-refractivity contribution in [3.8, 4) is 16.9 Å². The molecule has 0 aromatic heterocycles. The maximum Gasteiger partial charge on any atom is 0.410 e. The molecular weight excluding hydrogens is 588 g/mol. The van der Waals surface area contributed by atoms with E-state index in [1.165, 1.54) is 0 Å². The Labute approximate surface area is 281 Å². The van der Waals surface area contributed by atoms with Crippen LogP contribution >= 0.6 is 0 Å². The molecule has 5 rings (SSSR count). The highest BCUT2D eigenvalue weighted by Crippen LogP contribution is 2.41. The predicted molar refractivity (Wildman–Crippen MR) is 187 cm³/mol. The van der Waals surface area contributed by atoms with Gasteiger partial charge in [0.2, 0.25) is 5.91 Å². The van der Waals surface area contributed by atoms with Gasteiger partial charge in [0.15, 0.2) is 0 Å². The average molecular weight is 641 g/mol. The molecule has 252 valence electrons. The number of nitrogens with zero attached hydrogens (tertiary/aromatic N) is 2. The second-order valence-electron chi connectivity index (χ2n) is 14.7. The van der Waals surface area contributed by atoms with E-state index in [-0.39, 0.29) is 35.3 Å². The van der Waals surface area contributed by atoms with Crippen molar-refractivity contribution in [2.45, 2.75) is 83.3 Å². The minimum absolute atomic E-state index is 0.0226. The highest BCUT2D eigenvalue weighted by Gasteiger charge is 2.45. The molecule has 0 spiro atoms. The van der Waals surface area contributed by atoms with Gasteiger partial charge in [-0.3, -0.25) is 4.79 Å². The molecule has 47 heavy (non-hydrogen) atoms. The Morgan fingerprint density at radius 2 is 1.55 bits per heavy atom. The third-order valence-electron chi connectivity index (χ3n) is 9.21. The first-order valence-electron chi connectivity index (χ1n) is 17.1. The molecule has 2 aliphatic rings. The molecule has 7 heteroatoms. The monoisotopic (exact) mass is 640 g/mol. The van der Waals surface area contributed by atoms with Crippen LogP contribution in [0, 0.1) is 5.92 Å². The summed E-state index contributed by atoms with van der Waals surface area (Å²) in [6.07, 6.45) is 3.13. The van der Waals surface area contributed by atoms with Gasteiger partial charge >= 0.3 is 6.09 Å². The molecular formula is C40H52N2O5. The lowest BCUT2D eigenvalue weighted by Gasteiger charge is -2.42. The molecule has 0 unspecified atom stereocenters. The van der Waals surface area contributed by atoms with E-state index in [0.717, 1.165) is 47.3 Å².